The molecule has 5 nitrogen and oxygen atoms in total. The van der Waals surface area contributed by atoms with Crippen molar-refractivity contribution in [3.05, 3.63) is 5.57 Å². The van der Waals surface area contributed by atoms with Crippen LogP contribution in [0.1, 0.15) is 40.0 Å². The van der Waals surface area contributed by atoms with Crippen LogP contribution in [-0.2, 0) is 14.3 Å². The zero-order valence-electron chi connectivity index (χ0n) is 10.3. The zero-order valence-corrected chi connectivity index (χ0v) is 10.3. The lowest BCUT2D eigenvalue weighted by molar-refractivity contribution is -0.153. The fourth-order valence-electron chi connectivity index (χ4n) is 1.16. The van der Waals surface area contributed by atoms with Crippen LogP contribution in [0.15, 0.2) is 5.57 Å². The molecule has 0 radical (unpaired) electrons. The van der Waals surface area contributed by atoms with E-state index < -0.39 is 17.7 Å². The Balaban J connectivity index is 4.30. The van der Waals surface area contributed by atoms with Crippen molar-refractivity contribution in [2.75, 3.05) is 0 Å². The lowest BCUT2D eigenvalue weighted by Gasteiger charge is -2.19. The van der Waals surface area contributed by atoms with Gasteiger partial charge in [0.25, 0.3) is 0 Å². The van der Waals surface area contributed by atoms with E-state index in [0.717, 1.165) is 0 Å². The summed E-state index contributed by atoms with van der Waals surface area (Å²) in [6.45, 7) is 5.17. The second-order valence-corrected chi connectivity index (χ2v) is 4.69. The summed E-state index contributed by atoms with van der Waals surface area (Å²) in [5, 5.41) is 17.7. The normalized spacial score (nSPS) is 12.2. The van der Waals surface area contributed by atoms with E-state index >= 15 is 0 Å². The van der Waals surface area contributed by atoms with E-state index in [2.05, 4.69) is 0 Å². The fraction of sp³-hybridized carbons (Fsp3) is 0.667. The molecule has 0 unspecified atom stereocenters. The highest BCUT2D eigenvalue weighted by Gasteiger charge is 2.19. The molecule has 1 N–H and O–H groups in total. The van der Waals surface area contributed by atoms with Gasteiger partial charge in [-0.1, -0.05) is 0 Å². The van der Waals surface area contributed by atoms with Crippen LogP contribution in [0.3, 0.4) is 0 Å². The predicted octanol–water partition coefficient (Wildman–Crippen LogP) is 1.14. The first-order chi connectivity index (χ1) is 7.78. The third kappa shape index (κ3) is 8.21. The minimum absolute atomic E-state index is 0.0314. The van der Waals surface area contributed by atoms with Crippen molar-refractivity contribution in [3.8, 4) is 6.07 Å². The van der Waals surface area contributed by atoms with Gasteiger partial charge in [-0.3, -0.25) is 4.79 Å². The van der Waals surface area contributed by atoms with Gasteiger partial charge < -0.3 is 9.84 Å². The average Bonchev–Trinajstić information content (AvgIpc) is 2.13. The van der Waals surface area contributed by atoms with E-state index in [1.807, 2.05) is 0 Å². The molecule has 0 aliphatic heterocycles. The molecule has 0 heterocycles. The van der Waals surface area contributed by atoms with Crippen LogP contribution in [0.2, 0.25) is 0 Å². The Morgan fingerprint density at radius 1 is 1.47 bits per heavy atom. The molecule has 0 aromatic heterocycles. The maximum Gasteiger partial charge on any atom is 0.311 e. The number of esters is 1. The second-order valence-electron chi connectivity index (χ2n) is 4.69. The van der Waals surface area contributed by atoms with Crippen LogP contribution in [0, 0.1) is 11.3 Å². The smallest absolute Gasteiger partial charge is 0.311 e. The van der Waals surface area contributed by atoms with Crippen molar-refractivity contribution in [2.24, 2.45) is 0 Å². The SMILES string of the molecule is CC(C)(C)OC(=O)CC(=C=O)C[C@@H](O)CC#N. The number of aliphatic hydroxyl groups is 1. The molecular formula is C12H17NO4. The number of hydrogen-bond acceptors (Lipinski definition) is 5. The molecule has 5 heteroatoms. The van der Waals surface area contributed by atoms with Gasteiger partial charge in [-0.15, -0.1) is 0 Å². The molecule has 0 rings (SSSR count). The molecule has 0 bridgehead atoms. The second kappa shape index (κ2) is 6.85. The highest BCUT2D eigenvalue weighted by molar-refractivity contribution is 5.76. The first kappa shape index (κ1) is 15.4. The Bertz CT molecular complexity index is 356. The number of carbonyl (C=O) groups excluding carboxylic acids is 2. The van der Waals surface area contributed by atoms with Gasteiger partial charge in [0.15, 0.2) is 0 Å². The molecular weight excluding hydrogens is 222 g/mol. The Morgan fingerprint density at radius 3 is 2.47 bits per heavy atom. The van der Waals surface area contributed by atoms with Crippen molar-refractivity contribution in [2.45, 2.75) is 51.7 Å². The molecule has 17 heavy (non-hydrogen) atoms. The Morgan fingerprint density at radius 2 is 2.06 bits per heavy atom. The van der Waals surface area contributed by atoms with Crippen LogP contribution in [0.25, 0.3) is 0 Å². The molecule has 0 aromatic carbocycles. The maximum absolute atomic E-state index is 11.4. The van der Waals surface area contributed by atoms with E-state index in [4.69, 9.17) is 10.00 Å². The van der Waals surface area contributed by atoms with Crippen molar-refractivity contribution >= 4 is 11.9 Å². The standard InChI is InChI=1S/C12H17NO4/c1-12(2,3)17-11(16)7-9(8-14)6-10(15)4-5-13/h10,15H,4,6-7H2,1-3H3/t10-/m0/s1. The summed E-state index contributed by atoms with van der Waals surface area (Å²) in [5.41, 5.74) is -0.502. The van der Waals surface area contributed by atoms with E-state index in [-0.39, 0.29) is 24.8 Å². The van der Waals surface area contributed by atoms with Crippen molar-refractivity contribution in [1.82, 2.24) is 0 Å². The number of hydrogen-bond donors (Lipinski definition) is 1. The summed E-state index contributed by atoms with van der Waals surface area (Å²) >= 11 is 0. The minimum Gasteiger partial charge on any atom is -0.460 e. The van der Waals surface area contributed by atoms with E-state index in [1.54, 1.807) is 32.8 Å². The van der Waals surface area contributed by atoms with Crippen LogP contribution in [-0.4, -0.2) is 28.7 Å². The highest BCUT2D eigenvalue weighted by Crippen LogP contribution is 2.14. The molecule has 0 saturated carbocycles. The Hall–Kier alpha value is -1.63. The van der Waals surface area contributed by atoms with Gasteiger partial charge in [0.05, 0.1) is 25.0 Å². The van der Waals surface area contributed by atoms with Crippen molar-refractivity contribution in [3.63, 3.8) is 0 Å². The van der Waals surface area contributed by atoms with Gasteiger partial charge in [-0.05, 0) is 20.8 Å². The quantitative estimate of drug-likeness (QED) is 0.574. The van der Waals surface area contributed by atoms with Gasteiger partial charge in [-0.2, -0.15) is 5.26 Å². The first-order valence-corrected chi connectivity index (χ1v) is 5.28. The summed E-state index contributed by atoms with van der Waals surface area (Å²) in [7, 11) is 0. The first-order valence-electron chi connectivity index (χ1n) is 5.28. The third-order valence-corrected chi connectivity index (χ3v) is 1.73. The van der Waals surface area contributed by atoms with Crippen LogP contribution < -0.4 is 0 Å². The van der Waals surface area contributed by atoms with E-state index in [1.165, 1.54) is 0 Å². The summed E-state index contributed by atoms with van der Waals surface area (Å²) in [6.07, 6.45) is -1.27. The van der Waals surface area contributed by atoms with Crippen LogP contribution in [0.4, 0.5) is 0 Å². The van der Waals surface area contributed by atoms with Crippen molar-refractivity contribution in [1.29, 1.82) is 5.26 Å². The molecule has 0 aliphatic rings. The predicted molar refractivity (Wildman–Crippen MR) is 60.5 cm³/mol. The largest absolute Gasteiger partial charge is 0.460 e. The van der Waals surface area contributed by atoms with Gasteiger partial charge >= 0.3 is 5.97 Å². The van der Waals surface area contributed by atoms with Gasteiger partial charge in [-0.25, -0.2) is 4.79 Å². The molecule has 1 atom stereocenters. The molecule has 0 aliphatic carbocycles. The van der Waals surface area contributed by atoms with Crippen molar-refractivity contribution < 1.29 is 19.4 Å². The number of rotatable bonds is 5. The Kier molecular flexibility index (Phi) is 6.19. The lowest BCUT2D eigenvalue weighted by atomic mass is 10.0. The lowest BCUT2D eigenvalue weighted by Crippen LogP contribution is -2.24. The summed E-state index contributed by atoms with van der Waals surface area (Å²) in [4.78, 5) is 22.0. The summed E-state index contributed by atoms with van der Waals surface area (Å²) < 4.78 is 5.03. The van der Waals surface area contributed by atoms with Crippen LogP contribution in [0.5, 0.6) is 0 Å². The molecule has 94 valence electrons. The molecule has 0 amide bonds. The Labute approximate surface area is 101 Å². The van der Waals surface area contributed by atoms with Gasteiger partial charge in [0.2, 0.25) is 0 Å². The van der Waals surface area contributed by atoms with Gasteiger partial charge in [0, 0.05) is 12.0 Å². The van der Waals surface area contributed by atoms with E-state index in [9.17, 15) is 14.7 Å². The zero-order chi connectivity index (χ0) is 13.5. The van der Waals surface area contributed by atoms with Crippen LogP contribution >= 0.6 is 0 Å². The topological polar surface area (TPSA) is 87.4 Å². The average molecular weight is 239 g/mol. The number of ether oxygens (including phenoxy) is 1. The highest BCUT2D eigenvalue weighted by atomic mass is 16.6. The maximum atomic E-state index is 11.4. The molecule has 0 spiro atoms. The molecule has 0 saturated heterocycles. The fourth-order valence-corrected chi connectivity index (χ4v) is 1.16. The third-order valence-electron chi connectivity index (χ3n) is 1.73. The molecule has 0 fully saturated rings. The number of aliphatic hydroxyl groups excluding tert-OH is 1. The monoisotopic (exact) mass is 239 g/mol. The number of nitriles is 1. The minimum atomic E-state index is -0.945. The number of nitrogens with zero attached hydrogens (tertiary/aromatic N) is 1. The van der Waals surface area contributed by atoms with E-state index in [0.29, 0.717) is 0 Å². The molecule has 0 aromatic rings. The summed E-state index contributed by atoms with van der Waals surface area (Å²) in [5.74, 6) is 1.06. The number of carbonyl (C=O) groups is 1. The summed E-state index contributed by atoms with van der Waals surface area (Å²) in [6, 6.07) is 1.78. The van der Waals surface area contributed by atoms with Gasteiger partial charge in [0.1, 0.15) is 11.5 Å².